The van der Waals surface area contributed by atoms with Crippen LogP contribution in [0.3, 0.4) is 0 Å². The first-order chi connectivity index (χ1) is 9.71. The topological polar surface area (TPSA) is 118 Å². The van der Waals surface area contributed by atoms with E-state index in [1.54, 1.807) is 0 Å². The fourth-order valence-corrected chi connectivity index (χ4v) is 2.92. The van der Waals surface area contributed by atoms with Crippen molar-refractivity contribution in [2.24, 2.45) is 0 Å². The van der Waals surface area contributed by atoms with Crippen molar-refractivity contribution in [2.75, 3.05) is 24.7 Å². The maximum Gasteiger partial charge on any atom is 0.264 e. The van der Waals surface area contributed by atoms with Crippen LogP contribution in [0.5, 0.6) is 0 Å². The van der Waals surface area contributed by atoms with Crippen LogP contribution in [0.2, 0.25) is 0 Å². The number of hydrogen-bond donors (Lipinski definition) is 2. The first-order valence-corrected chi connectivity index (χ1v) is 10.4. The molecule has 0 aromatic rings. The Kier molecular flexibility index (Phi) is 11.2. The smallest absolute Gasteiger partial charge is 0.264 e. The van der Waals surface area contributed by atoms with Crippen molar-refractivity contribution in [3.63, 3.8) is 0 Å². The highest BCUT2D eigenvalue weighted by atomic mass is 32.2. The van der Waals surface area contributed by atoms with Gasteiger partial charge in [-0.3, -0.25) is 9.11 Å². The molecule has 0 aliphatic carbocycles. The number of hydrogen-bond acceptors (Lipinski definition) is 5. The van der Waals surface area contributed by atoms with Gasteiger partial charge >= 0.3 is 0 Å². The van der Waals surface area contributed by atoms with Crippen molar-refractivity contribution in [3.8, 4) is 0 Å². The molecule has 0 amide bonds. The monoisotopic (exact) mass is 346 g/mol. The fraction of sp³-hybridized carbons (Fsp3) is 1.00. The normalized spacial score (nSPS) is 12.7. The van der Waals surface area contributed by atoms with Crippen molar-refractivity contribution < 1.29 is 30.7 Å². The maximum atomic E-state index is 10.5. The molecule has 21 heavy (non-hydrogen) atoms. The molecule has 2 N–H and O–H groups in total. The van der Waals surface area contributed by atoms with Gasteiger partial charge in [0.15, 0.2) is 0 Å². The zero-order valence-electron chi connectivity index (χ0n) is 12.2. The summed E-state index contributed by atoms with van der Waals surface area (Å²) in [5.41, 5.74) is 0. The van der Waals surface area contributed by atoms with Crippen molar-refractivity contribution in [1.82, 2.24) is 0 Å². The Balaban J connectivity index is 3.16. The number of rotatable bonds is 14. The molecule has 0 atom stereocenters. The standard InChI is InChI=1S/C12H26O7S2/c13-20(14,15)11-7-3-1-5-9-19-10-6-2-4-8-12-21(16,17)18/h1-12H2,(H,13,14,15)(H,16,17,18). The molecule has 0 bridgehead atoms. The van der Waals surface area contributed by atoms with Gasteiger partial charge in [-0.15, -0.1) is 0 Å². The predicted octanol–water partition coefficient (Wildman–Crippen LogP) is 1.90. The Morgan fingerprint density at radius 1 is 0.571 bits per heavy atom. The summed E-state index contributed by atoms with van der Waals surface area (Å²) in [6.07, 6.45) is 5.87. The van der Waals surface area contributed by atoms with Crippen molar-refractivity contribution >= 4 is 20.2 Å². The summed E-state index contributed by atoms with van der Waals surface area (Å²) in [6, 6.07) is 0. The molecule has 0 aliphatic rings. The van der Waals surface area contributed by atoms with Crippen molar-refractivity contribution in [2.45, 2.75) is 51.4 Å². The quantitative estimate of drug-likeness (QED) is 0.364. The lowest BCUT2D eigenvalue weighted by Gasteiger charge is -2.04. The Morgan fingerprint density at radius 2 is 0.905 bits per heavy atom. The van der Waals surface area contributed by atoms with Crippen LogP contribution < -0.4 is 0 Å². The Bertz CT molecular complexity index is 400. The van der Waals surface area contributed by atoms with Crippen LogP contribution >= 0.6 is 0 Å². The molecule has 0 spiro atoms. The molecule has 0 aliphatic heterocycles. The molecule has 0 fully saturated rings. The third-order valence-corrected chi connectivity index (χ3v) is 4.49. The first kappa shape index (κ1) is 20.8. The zero-order valence-corrected chi connectivity index (χ0v) is 13.9. The van der Waals surface area contributed by atoms with Crippen LogP contribution in [-0.2, 0) is 25.0 Å². The van der Waals surface area contributed by atoms with Gasteiger partial charge in [-0.25, -0.2) is 0 Å². The van der Waals surface area contributed by atoms with E-state index in [9.17, 15) is 16.8 Å². The van der Waals surface area contributed by atoms with Gasteiger partial charge in [0, 0.05) is 13.2 Å². The summed E-state index contributed by atoms with van der Waals surface area (Å²) in [7, 11) is -7.66. The predicted molar refractivity (Wildman–Crippen MR) is 80.6 cm³/mol. The summed E-state index contributed by atoms with van der Waals surface area (Å²) in [5, 5.41) is 0. The second-order valence-electron chi connectivity index (χ2n) is 5.01. The molecule has 7 nitrogen and oxygen atoms in total. The van der Waals surface area contributed by atoms with E-state index in [-0.39, 0.29) is 11.5 Å². The highest BCUT2D eigenvalue weighted by molar-refractivity contribution is 7.86. The van der Waals surface area contributed by atoms with Gasteiger partial charge in [-0.2, -0.15) is 16.8 Å². The largest absolute Gasteiger partial charge is 0.381 e. The first-order valence-electron chi connectivity index (χ1n) is 7.19. The molecule has 0 unspecified atom stereocenters. The van der Waals surface area contributed by atoms with E-state index in [0.717, 1.165) is 38.5 Å². The second kappa shape index (κ2) is 11.4. The van der Waals surface area contributed by atoms with Gasteiger partial charge in [-0.05, 0) is 25.7 Å². The number of unbranched alkanes of at least 4 members (excludes halogenated alkanes) is 6. The van der Waals surface area contributed by atoms with Crippen molar-refractivity contribution in [1.29, 1.82) is 0 Å². The highest BCUT2D eigenvalue weighted by Crippen LogP contribution is 2.04. The van der Waals surface area contributed by atoms with Crippen LogP contribution in [-0.4, -0.2) is 50.7 Å². The van der Waals surface area contributed by atoms with Gasteiger partial charge in [0.1, 0.15) is 0 Å². The zero-order chi connectivity index (χ0) is 16.2. The Morgan fingerprint density at radius 3 is 1.24 bits per heavy atom. The van der Waals surface area contributed by atoms with E-state index < -0.39 is 20.2 Å². The second-order valence-corrected chi connectivity index (χ2v) is 8.16. The van der Waals surface area contributed by atoms with Gasteiger partial charge in [-0.1, -0.05) is 25.7 Å². The molecular weight excluding hydrogens is 320 g/mol. The molecule has 0 rings (SSSR count). The molecule has 0 saturated carbocycles. The summed E-state index contributed by atoms with van der Waals surface area (Å²) < 4.78 is 64.2. The summed E-state index contributed by atoms with van der Waals surface area (Å²) in [4.78, 5) is 0. The maximum absolute atomic E-state index is 10.5. The van der Waals surface area contributed by atoms with Crippen LogP contribution in [0.4, 0.5) is 0 Å². The van der Waals surface area contributed by atoms with Crippen LogP contribution in [0.1, 0.15) is 51.4 Å². The van der Waals surface area contributed by atoms with E-state index in [2.05, 4.69) is 0 Å². The number of ether oxygens (including phenoxy) is 1. The molecule has 9 heteroatoms. The summed E-state index contributed by atoms with van der Waals surface area (Å²) in [5.74, 6) is -0.366. The lowest BCUT2D eigenvalue weighted by molar-refractivity contribution is 0.126. The SMILES string of the molecule is O=S(=O)(O)CCCCCCOCCCCCCS(=O)(=O)O. The van der Waals surface area contributed by atoms with Crippen LogP contribution in [0, 0.1) is 0 Å². The molecule has 0 aromatic carbocycles. The van der Waals surface area contributed by atoms with E-state index in [0.29, 0.717) is 26.1 Å². The molecule has 128 valence electrons. The van der Waals surface area contributed by atoms with E-state index in [1.165, 1.54) is 0 Å². The average molecular weight is 346 g/mol. The fourth-order valence-electron chi connectivity index (χ4n) is 1.79. The van der Waals surface area contributed by atoms with E-state index >= 15 is 0 Å². The molecule has 0 radical (unpaired) electrons. The Hall–Kier alpha value is -0.220. The van der Waals surface area contributed by atoms with Gasteiger partial charge in [0.05, 0.1) is 11.5 Å². The van der Waals surface area contributed by atoms with E-state index in [4.69, 9.17) is 13.8 Å². The molecule has 0 aromatic heterocycles. The molecular formula is C12H26O7S2. The minimum Gasteiger partial charge on any atom is -0.381 e. The van der Waals surface area contributed by atoms with Gasteiger partial charge in [0.2, 0.25) is 0 Å². The highest BCUT2D eigenvalue weighted by Gasteiger charge is 2.03. The van der Waals surface area contributed by atoms with Gasteiger partial charge in [0.25, 0.3) is 20.2 Å². The molecule has 0 heterocycles. The van der Waals surface area contributed by atoms with Crippen LogP contribution in [0.25, 0.3) is 0 Å². The lowest BCUT2D eigenvalue weighted by Crippen LogP contribution is -2.04. The van der Waals surface area contributed by atoms with Crippen molar-refractivity contribution in [3.05, 3.63) is 0 Å². The molecule has 0 saturated heterocycles. The van der Waals surface area contributed by atoms with Crippen LogP contribution in [0.15, 0.2) is 0 Å². The summed E-state index contributed by atoms with van der Waals surface area (Å²) in [6.45, 7) is 1.24. The Labute approximate surface area is 127 Å². The average Bonchev–Trinajstić information content (AvgIpc) is 2.32. The third-order valence-electron chi connectivity index (χ3n) is 2.88. The lowest BCUT2D eigenvalue weighted by atomic mass is 10.2. The third kappa shape index (κ3) is 19.8. The summed E-state index contributed by atoms with van der Waals surface area (Å²) >= 11 is 0. The van der Waals surface area contributed by atoms with E-state index in [1.807, 2.05) is 0 Å². The van der Waals surface area contributed by atoms with Gasteiger partial charge < -0.3 is 4.74 Å². The minimum absolute atomic E-state index is 0.183. The minimum atomic E-state index is -3.83.